The topological polar surface area (TPSA) is 35.9 Å². The average Bonchev–Trinajstić information content (AvgIpc) is 2.27. The van der Waals surface area contributed by atoms with E-state index in [0.717, 1.165) is 52.4 Å². The number of morpholine rings is 1. The molecule has 1 atom stereocenters. The van der Waals surface area contributed by atoms with Gasteiger partial charge in [-0.05, 0) is 13.5 Å². The predicted octanol–water partition coefficient (Wildman–Crippen LogP) is 0.0213. The van der Waals surface area contributed by atoms with Crippen LogP contribution in [0, 0.1) is 0 Å². The molecule has 1 saturated heterocycles. The van der Waals surface area contributed by atoms with Crippen molar-refractivity contribution in [3.63, 3.8) is 0 Å². The van der Waals surface area contributed by atoms with Gasteiger partial charge in [0.1, 0.15) is 0 Å². The molecule has 1 N–H and O–H groups in total. The second-order valence-electron chi connectivity index (χ2n) is 4.28. The minimum atomic E-state index is -0.181. The molecule has 15 heavy (non-hydrogen) atoms. The number of aliphatic hydroxyl groups excluding tert-OH is 1. The van der Waals surface area contributed by atoms with Gasteiger partial charge in [0.2, 0.25) is 0 Å². The summed E-state index contributed by atoms with van der Waals surface area (Å²) in [6.07, 6.45) is 0.654. The minimum Gasteiger partial charge on any atom is -0.392 e. The van der Waals surface area contributed by atoms with Gasteiger partial charge < -0.3 is 14.7 Å². The molecule has 0 radical (unpaired) electrons. The van der Waals surface area contributed by atoms with E-state index in [4.69, 9.17) is 4.74 Å². The van der Waals surface area contributed by atoms with Gasteiger partial charge in [-0.25, -0.2) is 0 Å². The second kappa shape index (κ2) is 7.17. The summed E-state index contributed by atoms with van der Waals surface area (Å²) >= 11 is 0. The summed E-state index contributed by atoms with van der Waals surface area (Å²) < 4.78 is 5.29. The van der Waals surface area contributed by atoms with Crippen molar-refractivity contribution in [2.75, 3.05) is 53.0 Å². The molecule has 0 bridgehead atoms. The van der Waals surface area contributed by atoms with Crippen molar-refractivity contribution >= 4 is 0 Å². The van der Waals surface area contributed by atoms with Crippen molar-refractivity contribution in [3.05, 3.63) is 0 Å². The molecule has 0 aliphatic carbocycles. The van der Waals surface area contributed by atoms with Gasteiger partial charge in [0.25, 0.3) is 0 Å². The Balaban J connectivity index is 2.07. The fourth-order valence-electron chi connectivity index (χ4n) is 1.72. The molecule has 0 amide bonds. The third-order valence-corrected chi connectivity index (χ3v) is 2.90. The Hall–Kier alpha value is -0.160. The van der Waals surface area contributed by atoms with Gasteiger partial charge in [-0.15, -0.1) is 0 Å². The zero-order chi connectivity index (χ0) is 11.1. The summed E-state index contributed by atoms with van der Waals surface area (Å²) in [5, 5.41) is 9.49. The quantitative estimate of drug-likeness (QED) is 0.679. The van der Waals surface area contributed by atoms with Crippen molar-refractivity contribution in [1.82, 2.24) is 9.80 Å². The number of hydrogen-bond acceptors (Lipinski definition) is 4. The van der Waals surface area contributed by atoms with Crippen LogP contribution in [0.25, 0.3) is 0 Å². The zero-order valence-electron chi connectivity index (χ0n) is 9.98. The van der Waals surface area contributed by atoms with E-state index in [1.54, 1.807) is 0 Å². The maximum absolute atomic E-state index is 9.49. The highest BCUT2D eigenvalue weighted by atomic mass is 16.5. The second-order valence-corrected chi connectivity index (χ2v) is 4.28. The smallest absolute Gasteiger partial charge is 0.0664 e. The van der Waals surface area contributed by atoms with Crippen LogP contribution in [0.4, 0.5) is 0 Å². The van der Waals surface area contributed by atoms with Crippen LogP contribution in [0.5, 0.6) is 0 Å². The standard InChI is InChI=1S/C11H24N2O2/c1-3-11(14)10-12(2)4-5-13-6-8-15-9-7-13/h11,14H,3-10H2,1-2H3. The molecule has 1 aliphatic heterocycles. The first-order chi connectivity index (χ1) is 7.22. The fourth-order valence-corrected chi connectivity index (χ4v) is 1.72. The monoisotopic (exact) mass is 216 g/mol. The maximum Gasteiger partial charge on any atom is 0.0664 e. The van der Waals surface area contributed by atoms with Gasteiger partial charge in [0, 0.05) is 32.7 Å². The van der Waals surface area contributed by atoms with Crippen LogP contribution in [0.1, 0.15) is 13.3 Å². The van der Waals surface area contributed by atoms with Gasteiger partial charge >= 0.3 is 0 Å². The molecule has 4 heteroatoms. The molecular weight excluding hydrogens is 192 g/mol. The van der Waals surface area contributed by atoms with Crippen LogP contribution in [-0.4, -0.2) is 74.0 Å². The molecule has 90 valence electrons. The lowest BCUT2D eigenvalue weighted by Crippen LogP contribution is -2.41. The van der Waals surface area contributed by atoms with E-state index in [1.165, 1.54) is 0 Å². The largest absolute Gasteiger partial charge is 0.392 e. The number of nitrogens with zero attached hydrogens (tertiary/aromatic N) is 2. The van der Waals surface area contributed by atoms with E-state index >= 15 is 0 Å². The average molecular weight is 216 g/mol. The van der Waals surface area contributed by atoms with E-state index in [1.807, 2.05) is 6.92 Å². The molecule has 0 aromatic carbocycles. The lowest BCUT2D eigenvalue weighted by atomic mass is 10.2. The Morgan fingerprint density at radius 2 is 2.07 bits per heavy atom. The third kappa shape index (κ3) is 5.47. The van der Waals surface area contributed by atoms with Crippen molar-refractivity contribution in [2.24, 2.45) is 0 Å². The van der Waals surface area contributed by atoms with E-state index in [-0.39, 0.29) is 6.10 Å². The van der Waals surface area contributed by atoms with E-state index < -0.39 is 0 Å². The first kappa shape index (κ1) is 12.9. The van der Waals surface area contributed by atoms with E-state index in [9.17, 15) is 5.11 Å². The van der Waals surface area contributed by atoms with E-state index in [2.05, 4.69) is 16.8 Å². The summed E-state index contributed by atoms with van der Waals surface area (Å²) in [7, 11) is 2.07. The Bertz CT molecular complexity index is 161. The zero-order valence-corrected chi connectivity index (χ0v) is 9.98. The molecule has 0 saturated carbocycles. The van der Waals surface area contributed by atoms with Crippen molar-refractivity contribution in [2.45, 2.75) is 19.4 Å². The Labute approximate surface area is 92.8 Å². The molecule has 1 fully saturated rings. The molecule has 1 heterocycles. The van der Waals surface area contributed by atoms with Crippen LogP contribution < -0.4 is 0 Å². The highest BCUT2D eigenvalue weighted by Crippen LogP contribution is 1.98. The predicted molar refractivity (Wildman–Crippen MR) is 61.1 cm³/mol. The minimum absolute atomic E-state index is 0.181. The SMILES string of the molecule is CCC(O)CN(C)CCN1CCOCC1. The summed E-state index contributed by atoms with van der Waals surface area (Å²) in [6, 6.07) is 0. The van der Waals surface area contributed by atoms with Gasteiger partial charge in [0.15, 0.2) is 0 Å². The molecule has 1 aliphatic rings. The highest BCUT2D eigenvalue weighted by Gasteiger charge is 2.11. The number of rotatable bonds is 6. The molecular formula is C11H24N2O2. The Morgan fingerprint density at radius 3 is 2.67 bits per heavy atom. The van der Waals surface area contributed by atoms with Gasteiger partial charge in [-0.2, -0.15) is 0 Å². The first-order valence-corrected chi connectivity index (χ1v) is 5.89. The van der Waals surface area contributed by atoms with Gasteiger partial charge in [-0.3, -0.25) is 4.90 Å². The molecule has 4 nitrogen and oxygen atoms in total. The van der Waals surface area contributed by atoms with Crippen molar-refractivity contribution < 1.29 is 9.84 Å². The van der Waals surface area contributed by atoms with Crippen molar-refractivity contribution in [3.8, 4) is 0 Å². The van der Waals surface area contributed by atoms with Crippen LogP contribution >= 0.6 is 0 Å². The Kier molecular flexibility index (Phi) is 6.17. The van der Waals surface area contributed by atoms with Gasteiger partial charge in [-0.1, -0.05) is 6.92 Å². The normalized spacial score (nSPS) is 20.8. The third-order valence-electron chi connectivity index (χ3n) is 2.90. The van der Waals surface area contributed by atoms with Crippen LogP contribution in [0.15, 0.2) is 0 Å². The summed E-state index contributed by atoms with van der Waals surface area (Å²) in [6.45, 7) is 8.71. The molecule has 1 rings (SSSR count). The summed E-state index contributed by atoms with van der Waals surface area (Å²) in [5.74, 6) is 0. The Morgan fingerprint density at radius 1 is 1.40 bits per heavy atom. The highest BCUT2D eigenvalue weighted by molar-refractivity contribution is 4.65. The summed E-state index contributed by atoms with van der Waals surface area (Å²) in [5.41, 5.74) is 0. The molecule has 0 aromatic heterocycles. The fraction of sp³-hybridized carbons (Fsp3) is 1.00. The number of ether oxygens (including phenoxy) is 1. The van der Waals surface area contributed by atoms with Gasteiger partial charge in [0.05, 0.1) is 19.3 Å². The lowest BCUT2D eigenvalue weighted by Gasteiger charge is -2.29. The first-order valence-electron chi connectivity index (χ1n) is 5.89. The molecule has 0 spiro atoms. The van der Waals surface area contributed by atoms with Crippen LogP contribution in [0.2, 0.25) is 0 Å². The maximum atomic E-state index is 9.49. The number of likely N-dealkylation sites (N-methyl/N-ethyl adjacent to an activating group) is 1. The van der Waals surface area contributed by atoms with Crippen LogP contribution in [-0.2, 0) is 4.74 Å². The number of aliphatic hydroxyl groups is 1. The molecule has 1 unspecified atom stereocenters. The molecule has 0 aromatic rings. The number of hydrogen-bond donors (Lipinski definition) is 1. The van der Waals surface area contributed by atoms with E-state index in [0.29, 0.717) is 0 Å². The lowest BCUT2D eigenvalue weighted by molar-refractivity contribution is 0.0319. The van der Waals surface area contributed by atoms with Crippen molar-refractivity contribution in [1.29, 1.82) is 0 Å². The van der Waals surface area contributed by atoms with Crippen LogP contribution in [0.3, 0.4) is 0 Å². The summed E-state index contributed by atoms with van der Waals surface area (Å²) in [4.78, 5) is 4.61.